The molecule has 0 bridgehead atoms. The van der Waals surface area contributed by atoms with Gasteiger partial charge >= 0.3 is 0 Å². The Bertz CT molecular complexity index is 954. The Kier molecular flexibility index (Phi) is 7.02. The average Bonchev–Trinajstić information content (AvgIpc) is 3.16. The molecular formula is C18H23N3O4S3. The van der Waals surface area contributed by atoms with E-state index in [-0.39, 0.29) is 28.1 Å². The first-order valence-electron chi connectivity index (χ1n) is 8.34. The number of rotatable bonds is 7. The molecule has 0 atom stereocenters. The van der Waals surface area contributed by atoms with E-state index in [1.54, 1.807) is 17.4 Å². The Morgan fingerprint density at radius 1 is 1.29 bits per heavy atom. The van der Waals surface area contributed by atoms with Crippen LogP contribution in [0.25, 0.3) is 0 Å². The second-order valence-corrected chi connectivity index (χ2v) is 9.37. The summed E-state index contributed by atoms with van der Waals surface area (Å²) < 4.78 is 32.6. The van der Waals surface area contributed by atoms with Gasteiger partial charge in [-0.1, -0.05) is 6.07 Å². The second-order valence-electron chi connectivity index (χ2n) is 6.53. The van der Waals surface area contributed by atoms with Crippen LogP contribution in [0.4, 0.5) is 0 Å². The number of amides is 1. The summed E-state index contributed by atoms with van der Waals surface area (Å²) in [6.45, 7) is 3.83. The van der Waals surface area contributed by atoms with Gasteiger partial charge in [-0.05, 0) is 66.2 Å². The number of hydrogen-bond donors (Lipinski definition) is 3. The number of carbonyl (C=O) groups is 1. The first kappa shape index (κ1) is 22.1. The lowest BCUT2D eigenvalue weighted by atomic mass is 9.97. The highest BCUT2D eigenvalue weighted by atomic mass is 32.2. The molecule has 7 nitrogen and oxygen atoms in total. The lowest BCUT2D eigenvalue weighted by Gasteiger charge is -2.25. The van der Waals surface area contributed by atoms with Gasteiger partial charge in [0.1, 0.15) is 10.6 Å². The first-order valence-corrected chi connectivity index (χ1v) is 11.2. The minimum absolute atomic E-state index is 0.0244. The van der Waals surface area contributed by atoms with Gasteiger partial charge in [-0.15, -0.1) is 0 Å². The van der Waals surface area contributed by atoms with Crippen LogP contribution in [0, 0.1) is 0 Å². The SMILES string of the molecule is CNC(=S)NS(=O)(=O)c1cc(CC(=O)NC(C)(C)c2ccsc2)ccc1OC. The number of carbonyl (C=O) groups excluding carboxylic acids is 1. The molecular weight excluding hydrogens is 418 g/mol. The Morgan fingerprint density at radius 3 is 2.57 bits per heavy atom. The number of thiophene rings is 1. The zero-order valence-corrected chi connectivity index (χ0v) is 18.5. The van der Waals surface area contributed by atoms with E-state index in [1.807, 2.05) is 30.7 Å². The van der Waals surface area contributed by atoms with Crippen LogP contribution in [0.15, 0.2) is 39.9 Å². The lowest BCUT2D eigenvalue weighted by Crippen LogP contribution is -2.41. The maximum Gasteiger partial charge on any atom is 0.267 e. The van der Waals surface area contributed by atoms with Gasteiger partial charge in [0, 0.05) is 7.05 Å². The van der Waals surface area contributed by atoms with Crippen molar-refractivity contribution in [3.05, 3.63) is 46.2 Å². The molecule has 3 N–H and O–H groups in total. The predicted molar refractivity (Wildman–Crippen MR) is 114 cm³/mol. The van der Waals surface area contributed by atoms with E-state index in [0.717, 1.165) is 5.56 Å². The fraction of sp³-hybridized carbons (Fsp3) is 0.333. The zero-order valence-electron chi connectivity index (χ0n) is 16.0. The molecule has 2 aromatic rings. The molecule has 0 aliphatic rings. The molecule has 1 amide bonds. The molecule has 0 saturated heterocycles. The Hall–Kier alpha value is -2.17. The van der Waals surface area contributed by atoms with Gasteiger partial charge in [-0.3, -0.25) is 9.52 Å². The van der Waals surface area contributed by atoms with Crippen molar-refractivity contribution in [2.75, 3.05) is 14.2 Å². The minimum atomic E-state index is -3.95. The standard InChI is InChI=1S/C18H23N3O4S3/c1-18(2,13-7-8-27-11-13)20-16(22)10-12-5-6-14(25-4)15(9-12)28(23,24)21-17(26)19-3/h5-9,11H,10H2,1-4H3,(H,20,22)(H2,19,21,26). The van der Waals surface area contributed by atoms with Crippen LogP contribution < -0.4 is 20.1 Å². The topological polar surface area (TPSA) is 96.5 Å². The number of thiocarbonyl (C=S) groups is 1. The van der Waals surface area contributed by atoms with E-state index >= 15 is 0 Å². The van der Waals surface area contributed by atoms with Gasteiger partial charge in [0.2, 0.25) is 5.91 Å². The van der Waals surface area contributed by atoms with Crippen LogP contribution in [0.3, 0.4) is 0 Å². The van der Waals surface area contributed by atoms with E-state index < -0.39 is 15.6 Å². The summed E-state index contributed by atoms with van der Waals surface area (Å²) in [5.41, 5.74) is 1.02. The van der Waals surface area contributed by atoms with Crippen LogP contribution in [-0.4, -0.2) is 33.6 Å². The molecule has 0 aliphatic carbocycles. The monoisotopic (exact) mass is 441 g/mol. The summed E-state index contributed by atoms with van der Waals surface area (Å²) in [4.78, 5) is 12.4. The van der Waals surface area contributed by atoms with Crippen molar-refractivity contribution in [3.8, 4) is 5.75 Å². The lowest BCUT2D eigenvalue weighted by molar-refractivity contribution is -0.122. The maximum absolute atomic E-state index is 12.6. The highest BCUT2D eigenvalue weighted by Gasteiger charge is 2.25. The fourth-order valence-corrected chi connectivity index (χ4v) is 4.87. The van der Waals surface area contributed by atoms with Crippen LogP contribution in [0.2, 0.25) is 0 Å². The molecule has 10 heteroatoms. The molecule has 1 aromatic heterocycles. The number of nitrogens with one attached hydrogen (secondary N) is 3. The van der Waals surface area contributed by atoms with E-state index in [9.17, 15) is 13.2 Å². The third-order valence-corrected chi connectivity index (χ3v) is 6.52. The van der Waals surface area contributed by atoms with Crippen molar-refractivity contribution < 1.29 is 17.9 Å². The Morgan fingerprint density at radius 2 is 2.00 bits per heavy atom. The molecule has 0 spiro atoms. The molecule has 0 unspecified atom stereocenters. The third-order valence-electron chi connectivity index (χ3n) is 4.03. The molecule has 1 aromatic carbocycles. The van der Waals surface area contributed by atoms with Crippen LogP contribution in [0.1, 0.15) is 25.0 Å². The summed E-state index contributed by atoms with van der Waals surface area (Å²) >= 11 is 6.44. The number of benzene rings is 1. The first-order chi connectivity index (χ1) is 13.1. The van der Waals surface area contributed by atoms with Crippen molar-refractivity contribution in [2.24, 2.45) is 0 Å². The molecule has 1 heterocycles. The van der Waals surface area contributed by atoms with Gasteiger partial charge in [-0.2, -0.15) is 11.3 Å². The highest BCUT2D eigenvalue weighted by Crippen LogP contribution is 2.26. The van der Waals surface area contributed by atoms with E-state index in [2.05, 4.69) is 15.4 Å². The normalized spacial score (nSPS) is 11.6. The fourth-order valence-electron chi connectivity index (χ4n) is 2.54. The van der Waals surface area contributed by atoms with Crippen molar-refractivity contribution in [3.63, 3.8) is 0 Å². The zero-order chi connectivity index (χ0) is 20.9. The van der Waals surface area contributed by atoms with Crippen molar-refractivity contribution >= 4 is 44.6 Å². The van der Waals surface area contributed by atoms with Gasteiger partial charge in [0.05, 0.1) is 19.1 Å². The van der Waals surface area contributed by atoms with E-state index in [4.69, 9.17) is 17.0 Å². The van der Waals surface area contributed by atoms with Crippen molar-refractivity contribution in [2.45, 2.75) is 30.7 Å². The smallest absolute Gasteiger partial charge is 0.267 e. The predicted octanol–water partition coefficient (Wildman–Crippen LogP) is 2.13. The number of methoxy groups -OCH3 is 1. The molecule has 0 radical (unpaired) electrons. The van der Waals surface area contributed by atoms with Gasteiger partial charge in [0.15, 0.2) is 5.11 Å². The number of sulfonamides is 1. The summed E-state index contributed by atoms with van der Waals surface area (Å²) in [5.74, 6) is -0.0578. The Balaban J connectivity index is 2.23. The van der Waals surface area contributed by atoms with Crippen molar-refractivity contribution in [1.82, 2.24) is 15.4 Å². The number of hydrogen-bond acceptors (Lipinski definition) is 6. The number of ether oxygens (including phenoxy) is 1. The molecule has 28 heavy (non-hydrogen) atoms. The summed E-state index contributed by atoms with van der Waals surface area (Å²) in [6.07, 6.45) is 0.0244. The Labute approximate surface area is 174 Å². The largest absolute Gasteiger partial charge is 0.495 e. The summed E-state index contributed by atoms with van der Waals surface area (Å²) in [7, 11) is -1.06. The van der Waals surface area contributed by atoms with Gasteiger partial charge < -0.3 is 15.4 Å². The maximum atomic E-state index is 12.6. The molecule has 0 aliphatic heterocycles. The molecule has 0 fully saturated rings. The van der Waals surface area contributed by atoms with E-state index in [1.165, 1.54) is 26.3 Å². The van der Waals surface area contributed by atoms with Crippen LogP contribution >= 0.6 is 23.6 Å². The second kappa shape index (κ2) is 8.89. The van der Waals surface area contributed by atoms with Crippen LogP contribution in [0.5, 0.6) is 5.75 Å². The average molecular weight is 442 g/mol. The molecule has 0 saturated carbocycles. The minimum Gasteiger partial charge on any atom is -0.495 e. The van der Waals surface area contributed by atoms with Crippen molar-refractivity contribution in [1.29, 1.82) is 0 Å². The molecule has 152 valence electrons. The third kappa shape index (κ3) is 5.43. The van der Waals surface area contributed by atoms with E-state index in [0.29, 0.717) is 5.56 Å². The summed E-state index contributed by atoms with van der Waals surface area (Å²) in [5, 5.41) is 9.42. The van der Waals surface area contributed by atoms with Gasteiger partial charge in [-0.25, -0.2) is 8.42 Å². The summed E-state index contributed by atoms with van der Waals surface area (Å²) in [6, 6.07) is 6.55. The van der Waals surface area contributed by atoms with Crippen LogP contribution in [-0.2, 0) is 26.8 Å². The highest BCUT2D eigenvalue weighted by molar-refractivity contribution is 7.92. The quantitative estimate of drug-likeness (QED) is 0.570. The van der Waals surface area contributed by atoms with Gasteiger partial charge in [0.25, 0.3) is 10.0 Å². The molecule has 2 rings (SSSR count).